The molecule has 2 aromatic rings. The van der Waals surface area contributed by atoms with E-state index in [2.05, 4.69) is 20.0 Å². The summed E-state index contributed by atoms with van der Waals surface area (Å²) >= 11 is 1.08. The molecule has 2 aromatic heterocycles. The molecule has 2 N–H and O–H groups in total. The molecule has 10 heteroatoms. The van der Waals surface area contributed by atoms with E-state index < -0.39 is 10.0 Å². The van der Waals surface area contributed by atoms with Gasteiger partial charge in [-0.3, -0.25) is 4.72 Å². The number of nitrogens with one attached hydrogen (secondary N) is 1. The fourth-order valence-electron chi connectivity index (χ4n) is 1.56. The summed E-state index contributed by atoms with van der Waals surface area (Å²) in [6, 6.07) is 0. The molecule has 0 saturated heterocycles. The molecular weight excluding hydrogens is 304 g/mol. The van der Waals surface area contributed by atoms with Crippen molar-refractivity contribution in [2.24, 2.45) is 5.16 Å². The highest BCUT2D eigenvalue weighted by Crippen LogP contribution is 2.24. The smallest absolute Gasteiger partial charge is 0.269 e. The van der Waals surface area contributed by atoms with Gasteiger partial charge < -0.3 is 9.73 Å². The first-order valence-electron chi connectivity index (χ1n) is 5.45. The van der Waals surface area contributed by atoms with Crippen molar-refractivity contribution in [2.75, 3.05) is 4.72 Å². The van der Waals surface area contributed by atoms with Crippen LogP contribution in [0.5, 0.6) is 0 Å². The number of hydrogen-bond donors (Lipinski definition) is 2. The van der Waals surface area contributed by atoms with E-state index in [1.807, 2.05) is 0 Å². The highest BCUT2D eigenvalue weighted by molar-refractivity contribution is 7.93. The maximum absolute atomic E-state index is 12.2. The van der Waals surface area contributed by atoms with E-state index >= 15 is 0 Å². The molecule has 0 aliphatic rings. The van der Waals surface area contributed by atoms with E-state index in [0.29, 0.717) is 11.4 Å². The summed E-state index contributed by atoms with van der Waals surface area (Å²) in [6.45, 7) is 4.62. The summed E-state index contributed by atoms with van der Waals surface area (Å²) in [5.41, 5.74) is 0.970. The Kier molecular flexibility index (Phi) is 3.77. The summed E-state index contributed by atoms with van der Waals surface area (Å²) in [4.78, 5) is 4.02. The van der Waals surface area contributed by atoms with Crippen LogP contribution in [0.3, 0.4) is 0 Å². The number of aryl methyl sites for hydroxylation is 2. The zero-order valence-electron chi connectivity index (χ0n) is 10.9. The number of aromatic nitrogens is 2. The topological polar surface area (TPSA) is 118 Å². The van der Waals surface area contributed by atoms with Crippen molar-refractivity contribution >= 4 is 32.2 Å². The fourth-order valence-corrected chi connectivity index (χ4v) is 3.90. The average molecular weight is 316 g/mol. The molecule has 20 heavy (non-hydrogen) atoms. The van der Waals surface area contributed by atoms with Crippen LogP contribution in [0.25, 0.3) is 0 Å². The summed E-state index contributed by atoms with van der Waals surface area (Å²) < 4.78 is 31.6. The standard InChI is InChI=1S/C10H12N4O4S2/c1-5(12-15)8-4-19-10(11-8)14-20(16,17)9-6(2)13-18-7(9)3/h4,15H,1-3H3,(H,11,14). The average Bonchev–Trinajstić information content (AvgIpc) is 2.95. The molecule has 0 aliphatic carbocycles. The van der Waals surface area contributed by atoms with Gasteiger partial charge in [-0.2, -0.15) is 0 Å². The summed E-state index contributed by atoms with van der Waals surface area (Å²) in [7, 11) is -3.81. The van der Waals surface area contributed by atoms with E-state index in [0.717, 1.165) is 11.3 Å². The quantitative estimate of drug-likeness (QED) is 0.504. The van der Waals surface area contributed by atoms with Gasteiger partial charge in [0.05, 0.1) is 0 Å². The molecule has 0 fully saturated rings. The first kappa shape index (κ1) is 14.5. The van der Waals surface area contributed by atoms with Gasteiger partial charge in [0.2, 0.25) is 0 Å². The Morgan fingerprint density at radius 2 is 2.20 bits per heavy atom. The SMILES string of the molecule is CC(=NO)c1csc(NS(=O)(=O)c2c(C)noc2C)n1. The van der Waals surface area contributed by atoms with Crippen molar-refractivity contribution < 1.29 is 18.1 Å². The van der Waals surface area contributed by atoms with Crippen LogP contribution in [0.4, 0.5) is 5.13 Å². The van der Waals surface area contributed by atoms with Crippen molar-refractivity contribution in [3.05, 3.63) is 22.5 Å². The number of anilines is 1. The molecular formula is C10H12N4O4S2. The number of hydrogen-bond acceptors (Lipinski definition) is 8. The zero-order chi connectivity index (χ0) is 14.9. The minimum absolute atomic E-state index is 0.00166. The zero-order valence-corrected chi connectivity index (χ0v) is 12.5. The van der Waals surface area contributed by atoms with E-state index in [4.69, 9.17) is 9.73 Å². The van der Waals surface area contributed by atoms with Crippen molar-refractivity contribution in [1.82, 2.24) is 10.1 Å². The number of oxime groups is 1. The predicted molar refractivity (Wildman–Crippen MR) is 72.9 cm³/mol. The fraction of sp³-hybridized carbons (Fsp3) is 0.300. The van der Waals surface area contributed by atoms with Crippen LogP contribution in [-0.4, -0.2) is 29.5 Å². The van der Waals surface area contributed by atoms with Gasteiger partial charge in [0.25, 0.3) is 10.0 Å². The maximum Gasteiger partial charge on any atom is 0.269 e. The van der Waals surface area contributed by atoms with Crippen molar-refractivity contribution in [3.8, 4) is 0 Å². The normalized spacial score (nSPS) is 12.7. The third-order valence-corrected chi connectivity index (χ3v) is 4.95. The molecule has 0 amide bonds. The Morgan fingerprint density at radius 1 is 1.50 bits per heavy atom. The Bertz CT molecular complexity index is 741. The van der Waals surface area contributed by atoms with Crippen LogP contribution < -0.4 is 4.72 Å². The third kappa shape index (κ3) is 2.65. The van der Waals surface area contributed by atoms with E-state index in [1.54, 1.807) is 19.2 Å². The van der Waals surface area contributed by atoms with Crippen LogP contribution in [0.15, 0.2) is 20.0 Å². The lowest BCUT2D eigenvalue weighted by molar-refractivity contribution is 0.319. The lowest BCUT2D eigenvalue weighted by atomic mass is 10.3. The lowest BCUT2D eigenvalue weighted by Gasteiger charge is -2.03. The molecule has 0 saturated carbocycles. The molecule has 0 radical (unpaired) electrons. The first-order valence-corrected chi connectivity index (χ1v) is 7.81. The largest absolute Gasteiger partial charge is 0.411 e. The van der Waals surface area contributed by atoms with Crippen LogP contribution in [-0.2, 0) is 10.0 Å². The molecule has 0 atom stereocenters. The lowest BCUT2D eigenvalue weighted by Crippen LogP contribution is -2.14. The molecule has 8 nitrogen and oxygen atoms in total. The van der Waals surface area contributed by atoms with Crippen LogP contribution >= 0.6 is 11.3 Å². The maximum atomic E-state index is 12.2. The van der Waals surface area contributed by atoms with Crippen molar-refractivity contribution in [2.45, 2.75) is 25.7 Å². The minimum atomic E-state index is -3.81. The highest BCUT2D eigenvalue weighted by Gasteiger charge is 2.25. The minimum Gasteiger partial charge on any atom is -0.411 e. The van der Waals surface area contributed by atoms with Crippen LogP contribution in [0, 0.1) is 13.8 Å². The number of nitrogens with zero attached hydrogens (tertiary/aromatic N) is 3. The number of sulfonamides is 1. The van der Waals surface area contributed by atoms with Gasteiger partial charge in [0.1, 0.15) is 17.1 Å². The summed E-state index contributed by atoms with van der Waals surface area (Å²) in [5, 5.41) is 17.0. The molecule has 0 aliphatic heterocycles. The highest BCUT2D eigenvalue weighted by atomic mass is 32.2. The molecule has 2 heterocycles. The molecule has 108 valence electrons. The summed E-state index contributed by atoms with van der Waals surface area (Å²) in [5.74, 6) is 0.208. The Balaban J connectivity index is 2.32. The van der Waals surface area contributed by atoms with Gasteiger partial charge in [0.15, 0.2) is 15.8 Å². The second-order valence-electron chi connectivity index (χ2n) is 3.98. The van der Waals surface area contributed by atoms with Crippen molar-refractivity contribution in [1.29, 1.82) is 0 Å². The third-order valence-electron chi connectivity index (χ3n) is 2.48. The van der Waals surface area contributed by atoms with Crippen LogP contribution in [0.1, 0.15) is 24.1 Å². The Labute approximate surface area is 119 Å². The molecule has 0 bridgehead atoms. The van der Waals surface area contributed by atoms with Gasteiger partial charge in [-0.25, -0.2) is 13.4 Å². The second kappa shape index (κ2) is 5.21. The van der Waals surface area contributed by atoms with E-state index in [-0.39, 0.29) is 21.5 Å². The predicted octanol–water partition coefficient (Wildman–Crippen LogP) is 1.75. The molecule has 2 rings (SSSR count). The first-order chi connectivity index (χ1) is 9.35. The summed E-state index contributed by atoms with van der Waals surface area (Å²) in [6.07, 6.45) is 0. The number of rotatable bonds is 4. The van der Waals surface area contributed by atoms with Gasteiger partial charge >= 0.3 is 0 Å². The van der Waals surface area contributed by atoms with Crippen LogP contribution in [0.2, 0.25) is 0 Å². The molecule has 0 aromatic carbocycles. The Hall–Kier alpha value is -1.94. The Morgan fingerprint density at radius 3 is 2.75 bits per heavy atom. The van der Waals surface area contributed by atoms with Gasteiger partial charge in [-0.15, -0.1) is 11.3 Å². The number of thiazole rings is 1. The van der Waals surface area contributed by atoms with E-state index in [9.17, 15) is 8.42 Å². The monoisotopic (exact) mass is 316 g/mol. The van der Waals surface area contributed by atoms with E-state index in [1.165, 1.54) is 6.92 Å². The van der Waals surface area contributed by atoms with Crippen molar-refractivity contribution in [3.63, 3.8) is 0 Å². The van der Waals surface area contributed by atoms with Gasteiger partial charge in [-0.1, -0.05) is 10.3 Å². The molecule has 0 spiro atoms. The van der Waals surface area contributed by atoms with Gasteiger partial charge in [0, 0.05) is 5.38 Å². The molecule has 0 unspecified atom stereocenters. The second-order valence-corrected chi connectivity index (χ2v) is 6.46. The van der Waals surface area contributed by atoms with Gasteiger partial charge in [-0.05, 0) is 20.8 Å².